The zero-order valence-corrected chi connectivity index (χ0v) is 15.7. The number of halogens is 1. The van der Waals surface area contributed by atoms with E-state index in [1.807, 2.05) is 6.07 Å². The molecule has 2 heterocycles. The molecule has 1 aromatic heterocycles. The van der Waals surface area contributed by atoms with Gasteiger partial charge in [-0.1, -0.05) is 23.7 Å². The summed E-state index contributed by atoms with van der Waals surface area (Å²) in [6, 6.07) is 19.0. The van der Waals surface area contributed by atoms with Gasteiger partial charge < -0.3 is 4.74 Å². The van der Waals surface area contributed by atoms with Crippen LogP contribution >= 0.6 is 11.6 Å². The number of fused-ring (bicyclic) bond motifs is 4. The number of hydrogen-bond donors (Lipinski definition) is 1. The van der Waals surface area contributed by atoms with Crippen LogP contribution in [0.2, 0.25) is 5.02 Å². The number of rotatable bonds is 1. The van der Waals surface area contributed by atoms with E-state index >= 15 is 0 Å². The number of nitrogens with zero attached hydrogens (tertiary/aromatic N) is 1. The highest BCUT2D eigenvalue weighted by Crippen LogP contribution is 2.42. The molecule has 1 aliphatic rings. The molecule has 0 amide bonds. The Morgan fingerprint density at radius 1 is 0.962 bits per heavy atom. The smallest absolute Gasteiger partial charge is 0.232 e. The first-order valence-electron chi connectivity index (χ1n) is 8.67. The highest BCUT2D eigenvalue weighted by molar-refractivity contribution is 6.31. The van der Waals surface area contributed by atoms with Crippen molar-refractivity contribution >= 4 is 44.7 Å². The molecule has 3 nitrogen and oxygen atoms in total. The van der Waals surface area contributed by atoms with Crippen LogP contribution < -0.4 is 14.2 Å². The van der Waals surface area contributed by atoms with Crippen molar-refractivity contribution in [2.75, 3.05) is 14.2 Å². The Kier molecular flexibility index (Phi) is 3.27. The van der Waals surface area contributed by atoms with E-state index in [2.05, 4.69) is 67.2 Å². The van der Waals surface area contributed by atoms with Crippen LogP contribution in [0.25, 0.3) is 32.9 Å². The van der Waals surface area contributed by atoms with Gasteiger partial charge in [-0.25, -0.2) is 0 Å². The third kappa shape index (κ3) is 1.96. The second-order valence-electron chi connectivity index (χ2n) is 6.84. The number of ether oxygens (including phenoxy) is 1. The molecule has 1 unspecified atom stereocenters. The van der Waals surface area contributed by atoms with Gasteiger partial charge in [0.2, 0.25) is 11.2 Å². The Hall–Kier alpha value is -2.62. The van der Waals surface area contributed by atoms with Crippen molar-refractivity contribution in [3.8, 4) is 17.0 Å². The van der Waals surface area contributed by atoms with Crippen LogP contribution in [0.1, 0.15) is 0 Å². The lowest BCUT2D eigenvalue weighted by molar-refractivity contribution is -0.734. The van der Waals surface area contributed by atoms with Crippen LogP contribution in [0.15, 0.2) is 54.6 Å². The highest BCUT2D eigenvalue weighted by atomic mass is 35.5. The van der Waals surface area contributed by atoms with E-state index in [4.69, 9.17) is 16.3 Å². The first-order chi connectivity index (χ1) is 12.6. The zero-order chi connectivity index (χ0) is 18.0. The molecule has 0 radical (unpaired) electrons. The Bertz CT molecular complexity index is 1220. The number of para-hydroxylation sites is 1. The van der Waals surface area contributed by atoms with Gasteiger partial charge in [0, 0.05) is 28.6 Å². The summed E-state index contributed by atoms with van der Waals surface area (Å²) in [6.45, 7) is 0. The van der Waals surface area contributed by atoms with Crippen LogP contribution in [-0.4, -0.2) is 14.2 Å². The van der Waals surface area contributed by atoms with Crippen molar-refractivity contribution in [2.24, 2.45) is 7.05 Å². The lowest BCUT2D eigenvalue weighted by atomic mass is 9.93. The Balaban J connectivity index is 2.10. The quantitative estimate of drug-likeness (QED) is 0.401. The fourth-order valence-electron chi connectivity index (χ4n) is 4.28. The fourth-order valence-corrected chi connectivity index (χ4v) is 4.45. The summed E-state index contributed by atoms with van der Waals surface area (Å²) in [5.74, 6) is 0.868. The topological polar surface area (TPSA) is 17.6 Å². The molecule has 0 aliphatic carbocycles. The van der Waals surface area contributed by atoms with E-state index in [9.17, 15) is 0 Å². The van der Waals surface area contributed by atoms with Crippen LogP contribution in [0, 0.1) is 0 Å². The van der Waals surface area contributed by atoms with Crippen molar-refractivity contribution in [1.29, 1.82) is 0 Å². The van der Waals surface area contributed by atoms with Gasteiger partial charge in [-0.2, -0.15) is 4.57 Å². The predicted octanol–water partition coefficient (Wildman–Crippen LogP) is 3.94. The van der Waals surface area contributed by atoms with Gasteiger partial charge in [0.15, 0.2) is 5.69 Å². The van der Waals surface area contributed by atoms with Crippen molar-refractivity contribution < 1.29 is 14.2 Å². The number of aryl methyl sites for hydroxylation is 1. The number of quaternary nitrogens is 1. The summed E-state index contributed by atoms with van der Waals surface area (Å²) in [7, 11) is 6.05. The molecule has 0 spiro atoms. The summed E-state index contributed by atoms with van der Waals surface area (Å²) in [6.07, 6.45) is 0. The summed E-state index contributed by atoms with van der Waals surface area (Å²) >= 11 is 6.34. The van der Waals surface area contributed by atoms with E-state index in [0.717, 1.165) is 21.7 Å². The van der Waals surface area contributed by atoms with Crippen LogP contribution in [0.4, 0.5) is 11.4 Å². The maximum atomic E-state index is 6.34. The molecular weight excluding hydrogens is 344 g/mol. The van der Waals surface area contributed by atoms with E-state index in [1.54, 1.807) is 7.11 Å². The number of nitrogens with one attached hydrogen (secondary N) is 1. The first-order valence-corrected chi connectivity index (χ1v) is 9.04. The van der Waals surface area contributed by atoms with Gasteiger partial charge in [-0.3, -0.25) is 4.90 Å². The minimum absolute atomic E-state index is 0.745. The minimum Gasteiger partial charge on any atom is -0.497 e. The number of aromatic nitrogens is 1. The molecule has 1 N–H and O–H groups in total. The van der Waals surface area contributed by atoms with Crippen LogP contribution in [0.5, 0.6) is 5.75 Å². The average Bonchev–Trinajstić information content (AvgIpc) is 2.67. The molecule has 128 valence electrons. The van der Waals surface area contributed by atoms with Gasteiger partial charge in [0.05, 0.1) is 19.5 Å². The molecular formula is C22H19ClN2O+2. The van der Waals surface area contributed by atoms with Gasteiger partial charge in [0.1, 0.15) is 29.4 Å². The molecule has 0 saturated heterocycles. The lowest BCUT2D eigenvalue weighted by Gasteiger charge is -2.24. The Morgan fingerprint density at radius 2 is 1.77 bits per heavy atom. The van der Waals surface area contributed by atoms with Crippen molar-refractivity contribution in [3.63, 3.8) is 0 Å². The summed E-state index contributed by atoms with van der Waals surface area (Å²) in [4.78, 5) is 1.28. The normalized spacial score (nSPS) is 15.3. The summed E-state index contributed by atoms with van der Waals surface area (Å²) < 4.78 is 7.91. The van der Waals surface area contributed by atoms with Crippen molar-refractivity contribution in [1.82, 2.24) is 0 Å². The first kappa shape index (κ1) is 15.6. The second-order valence-corrected chi connectivity index (χ2v) is 7.27. The van der Waals surface area contributed by atoms with E-state index in [-0.39, 0.29) is 0 Å². The third-order valence-electron chi connectivity index (χ3n) is 5.52. The molecule has 4 heteroatoms. The Morgan fingerprint density at radius 3 is 2.58 bits per heavy atom. The molecule has 0 saturated carbocycles. The molecule has 4 aromatic rings. The maximum absolute atomic E-state index is 6.34. The lowest BCUT2D eigenvalue weighted by Crippen LogP contribution is -2.99. The minimum atomic E-state index is 0.745. The molecule has 3 aromatic carbocycles. The summed E-state index contributed by atoms with van der Waals surface area (Å²) in [5, 5.41) is 4.33. The monoisotopic (exact) mass is 362 g/mol. The maximum Gasteiger partial charge on any atom is 0.232 e. The van der Waals surface area contributed by atoms with Crippen LogP contribution in [0.3, 0.4) is 0 Å². The molecule has 0 fully saturated rings. The van der Waals surface area contributed by atoms with Gasteiger partial charge >= 0.3 is 0 Å². The van der Waals surface area contributed by atoms with Gasteiger partial charge in [-0.15, -0.1) is 0 Å². The van der Waals surface area contributed by atoms with Crippen LogP contribution in [-0.2, 0) is 7.05 Å². The summed E-state index contributed by atoms with van der Waals surface area (Å²) in [5.41, 5.74) is 6.18. The predicted molar refractivity (Wildman–Crippen MR) is 106 cm³/mol. The van der Waals surface area contributed by atoms with E-state index in [1.165, 1.54) is 38.3 Å². The number of pyridine rings is 1. The second kappa shape index (κ2) is 5.44. The fraction of sp³-hybridized carbons (Fsp3) is 0.136. The molecule has 5 rings (SSSR count). The average molecular weight is 363 g/mol. The third-order valence-corrected chi connectivity index (χ3v) is 5.76. The molecule has 1 atom stereocenters. The molecule has 0 bridgehead atoms. The van der Waals surface area contributed by atoms with Gasteiger partial charge in [0.25, 0.3) is 0 Å². The standard InChI is InChI=1S/C22H18ClN2O/c1-24-18-7-5-4-6-15(18)22-21-17(11-14(26-3)12-20(21)24)16-10-13(23)8-9-19(16)25(22)2/h4-12H,1-3H3/q+1/p+1. The van der Waals surface area contributed by atoms with Crippen molar-refractivity contribution in [3.05, 3.63) is 59.6 Å². The molecule has 26 heavy (non-hydrogen) atoms. The Labute approximate surface area is 157 Å². The van der Waals surface area contributed by atoms with Gasteiger partial charge in [-0.05, 0) is 24.3 Å². The van der Waals surface area contributed by atoms with E-state index < -0.39 is 0 Å². The van der Waals surface area contributed by atoms with E-state index in [0.29, 0.717) is 0 Å². The number of methoxy groups -OCH3 is 1. The number of hydrogen-bond acceptors (Lipinski definition) is 1. The SMILES string of the molecule is COc1cc2c3c([n+](C)c4ccc(Cl)cc4c3c1)-c1ccccc1[NH+]2C. The molecule has 1 aliphatic heterocycles. The largest absolute Gasteiger partial charge is 0.497 e. The number of benzene rings is 3. The zero-order valence-electron chi connectivity index (χ0n) is 14.9. The van der Waals surface area contributed by atoms with Crippen molar-refractivity contribution in [2.45, 2.75) is 0 Å². The highest BCUT2D eigenvalue weighted by Gasteiger charge is 2.35.